The van der Waals surface area contributed by atoms with Crippen LogP contribution < -0.4 is 0 Å². The van der Waals surface area contributed by atoms with Crippen molar-refractivity contribution >= 4 is 5.97 Å². The molecule has 1 N–H and O–H groups in total. The van der Waals surface area contributed by atoms with Crippen molar-refractivity contribution in [2.45, 2.75) is 51.5 Å². The van der Waals surface area contributed by atoms with Crippen LogP contribution in [0.25, 0.3) is 0 Å². The van der Waals surface area contributed by atoms with E-state index in [4.69, 9.17) is 18.9 Å². The van der Waals surface area contributed by atoms with E-state index in [0.29, 0.717) is 0 Å². The molecule has 1 unspecified atom stereocenters. The molecule has 0 spiro atoms. The van der Waals surface area contributed by atoms with Gasteiger partial charge in [-0.15, -0.1) is 0 Å². The number of hydrogen-bond donors (Lipinski definition) is 1. The van der Waals surface area contributed by atoms with Gasteiger partial charge in [-0.1, -0.05) is 32.1 Å². The first kappa shape index (κ1) is 18.8. The van der Waals surface area contributed by atoms with Crippen molar-refractivity contribution in [2.75, 3.05) is 14.2 Å². The number of ether oxygens (including phenoxy) is 4. The Balaban J connectivity index is 2.91. The lowest BCUT2D eigenvalue weighted by atomic mass is 9.91. The molecule has 0 aromatic carbocycles. The van der Waals surface area contributed by atoms with Crippen molar-refractivity contribution in [1.29, 1.82) is 0 Å². The molecule has 0 amide bonds. The van der Waals surface area contributed by atoms with Crippen molar-refractivity contribution in [3.8, 4) is 0 Å². The third-order valence-electron chi connectivity index (χ3n) is 3.51. The fourth-order valence-corrected chi connectivity index (χ4v) is 2.39. The molecular formula is C16H26O6. The number of aliphatic hydroxyl groups excluding tert-OH is 1. The van der Waals surface area contributed by atoms with E-state index in [2.05, 4.69) is 0 Å². The minimum absolute atomic E-state index is 0.0326. The van der Waals surface area contributed by atoms with Gasteiger partial charge in [0.2, 0.25) is 0 Å². The maximum Gasteiger partial charge on any atom is 0.331 e. The van der Waals surface area contributed by atoms with Gasteiger partial charge in [0.15, 0.2) is 12.4 Å². The van der Waals surface area contributed by atoms with Crippen LogP contribution in [-0.2, 0) is 23.7 Å². The predicted octanol–water partition coefficient (Wildman–Crippen LogP) is 1.43. The lowest BCUT2D eigenvalue weighted by molar-refractivity contribution is -0.303. The topological polar surface area (TPSA) is 74.2 Å². The molecule has 126 valence electrons. The highest BCUT2D eigenvalue weighted by Crippen LogP contribution is 2.29. The Hall–Kier alpha value is -1.21. The summed E-state index contributed by atoms with van der Waals surface area (Å²) in [5.41, 5.74) is 0. The molecule has 0 aromatic heterocycles. The minimum Gasteiger partial charge on any atom is -0.453 e. The number of carbonyl (C=O) groups excluding carboxylic acids is 1. The zero-order valence-electron chi connectivity index (χ0n) is 13.8. The average Bonchev–Trinajstić information content (AvgIpc) is 2.48. The van der Waals surface area contributed by atoms with Crippen LogP contribution in [0, 0.1) is 5.92 Å². The molecular weight excluding hydrogens is 288 g/mol. The van der Waals surface area contributed by atoms with Crippen molar-refractivity contribution in [1.82, 2.24) is 0 Å². The van der Waals surface area contributed by atoms with Gasteiger partial charge in [-0.25, -0.2) is 4.79 Å². The molecule has 22 heavy (non-hydrogen) atoms. The first-order valence-electron chi connectivity index (χ1n) is 7.35. The molecule has 6 nitrogen and oxygen atoms in total. The summed E-state index contributed by atoms with van der Waals surface area (Å²) in [6, 6.07) is 0. The summed E-state index contributed by atoms with van der Waals surface area (Å²) in [5, 5.41) is 10.5. The lowest BCUT2D eigenvalue weighted by Gasteiger charge is -2.44. The highest BCUT2D eigenvalue weighted by atomic mass is 16.7. The van der Waals surface area contributed by atoms with E-state index in [1.807, 2.05) is 20.8 Å². The normalized spacial score (nSPS) is 33.0. The van der Waals surface area contributed by atoms with Crippen LogP contribution in [0.15, 0.2) is 24.3 Å². The van der Waals surface area contributed by atoms with Gasteiger partial charge >= 0.3 is 5.97 Å². The molecule has 1 heterocycles. The smallest absolute Gasteiger partial charge is 0.331 e. The molecule has 0 radical (unpaired) electrons. The number of methoxy groups -OCH3 is 2. The lowest BCUT2D eigenvalue weighted by Crippen LogP contribution is -2.61. The Morgan fingerprint density at radius 2 is 1.86 bits per heavy atom. The van der Waals surface area contributed by atoms with Crippen LogP contribution in [-0.4, -0.2) is 56.0 Å². The second-order valence-electron chi connectivity index (χ2n) is 5.43. The molecule has 1 saturated heterocycles. The number of esters is 1. The molecule has 6 heteroatoms. The summed E-state index contributed by atoms with van der Waals surface area (Å²) in [6.07, 6.45) is 2.60. The first-order valence-corrected chi connectivity index (χ1v) is 7.35. The van der Waals surface area contributed by atoms with Crippen molar-refractivity contribution in [2.24, 2.45) is 5.92 Å². The van der Waals surface area contributed by atoms with E-state index in [1.54, 1.807) is 18.2 Å². The van der Waals surface area contributed by atoms with Gasteiger partial charge in [0.05, 0.1) is 6.10 Å². The van der Waals surface area contributed by atoms with Crippen molar-refractivity contribution in [3.63, 3.8) is 0 Å². The monoisotopic (exact) mass is 314 g/mol. The number of aliphatic hydroxyl groups is 1. The zero-order chi connectivity index (χ0) is 16.7. The van der Waals surface area contributed by atoms with Gasteiger partial charge in [-0.05, 0) is 12.8 Å². The van der Waals surface area contributed by atoms with Crippen LogP contribution in [0.5, 0.6) is 0 Å². The van der Waals surface area contributed by atoms with E-state index in [9.17, 15) is 9.90 Å². The van der Waals surface area contributed by atoms with E-state index >= 15 is 0 Å². The standard InChI is InChI=1S/C16H26O6/c1-6-7-8-9-11(17)21-14-12(18)13(10(2)3)22-16(20-5)15(14)19-4/h6-10,12-16,18H,1-5H3/t12?,13-,14-,15-,16-/m0/s1. The summed E-state index contributed by atoms with van der Waals surface area (Å²) in [6.45, 7) is 5.67. The summed E-state index contributed by atoms with van der Waals surface area (Å²) < 4.78 is 21.6. The van der Waals surface area contributed by atoms with Gasteiger partial charge in [-0.3, -0.25) is 0 Å². The SMILES string of the molecule is CC=CC=CC(=O)O[C@H]1C(O)[C@H](C(C)C)O[C@H](OC)[C@H]1OC. The third-order valence-corrected chi connectivity index (χ3v) is 3.51. The van der Waals surface area contributed by atoms with E-state index in [1.165, 1.54) is 20.3 Å². The highest BCUT2D eigenvalue weighted by Gasteiger charge is 2.48. The Labute approximate surface area is 131 Å². The number of carbonyl (C=O) groups is 1. The van der Waals surface area contributed by atoms with Gasteiger partial charge in [-0.2, -0.15) is 0 Å². The van der Waals surface area contributed by atoms with Gasteiger partial charge in [0, 0.05) is 20.3 Å². The fraction of sp³-hybridized carbons (Fsp3) is 0.688. The third kappa shape index (κ3) is 4.64. The number of allylic oxidation sites excluding steroid dienone is 3. The van der Waals surface area contributed by atoms with Crippen LogP contribution in [0.1, 0.15) is 20.8 Å². The van der Waals surface area contributed by atoms with Gasteiger partial charge in [0.1, 0.15) is 12.2 Å². The number of rotatable bonds is 6. The summed E-state index contributed by atoms with van der Waals surface area (Å²) >= 11 is 0. The van der Waals surface area contributed by atoms with Crippen LogP contribution >= 0.6 is 0 Å². The Bertz CT molecular complexity index is 403. The molecule has 1 fully saturated rings. The van der Waals surface area contributed by atoms with Crippen molar-refractivity contribution in [3.05, 3.63) is 24.3 Å². The fourth-order valence-electron chi connectivity index (χ4n) is 2.39. The molecule has 1 aliphatic rings. The summed E-state index contributed by atoms with van der Waals surface area (Å²) in [7, 11) is 2.94. The van der Waals surface area contributed by atoms with Gasteiger partial charge in [0.25, 0.3) is 0 Å². The summed E-state index contributed by atoms with van der Waals surface area (Å²) in [5.74, 6) is -0.520. The predicted molar refractivity (Wildman–Crippen MR) is 81.1 cm³/mol. The Kier molecular flexibility index (Phi) is 7.75. The van der Waals surface area contributed by atoms with E-state index < -0.39 is 36.7 Å². The maximum atomic E-state index is 11.9. The second-order valence-corrected chi connectivity index (χ2v) is 5.43. The van der Waals surface area contributed by atoms with Crippen molar-refractivity contribution < 1.29 is 28.8 Å². The minimum atomic E-state index is -0.990. The quantitative estimate of drug-likeness (QED) is 0.454. The second kappa shape index (κ2) is 9.05. The molecule has 0 bridgehead atoms. The Morgan fingerprint density at radius 1 is 1.18 bits per heavy atom. The van der Waals surface area contributed by atoms with Crippen LogP contribution in [0.2, 0.25) is 0 Å². The molecule has 0 aliphatic carbocycles. The molecule has 5 atom stereocenters. The molecule has 1 aliphatic heterocycles. The highest BCUT2D eigenvalue weighted by molar-refractivity contribution is 5.82. The zero-order valence-corrected chi connectivity index (χ0v) is 13.8. The molecule has 0 saturated carbocycles. The Morgan fingerprint density at radius 3 is 2.36 bits per heavy atom. The summed E-state index contributed by atoms with van der Waals surface area (Å²) in [4.78, 5) is 11.9. The average molecular weight is 314 g/mol. The van der Waals surface area contributed by atoms with E-state index in [-0.39, 0.29) is 5.92 Å². The maximum absolute atomic E-state index is 11.9. The van der Waals surface area contributed by atoms with E-state index in [0.717, 1.165) is 0 Å². The van der Waals surface area contributed by atoms with Gasteiger partial charge < -0.3 is 24.1 Å². The first-order chi connectivity index (χ1) is 10.5. The number of hydrogen-bond acceptors (Lipinski definition) is 6. The van der Waals surface area contributed by atoms with Crippen LogP contribution in [0.4, 0.5) is 0 Å². The largest absolute Gasteiger partial charge is 0.453 e. The van der Waals surface area contributed by atoms with Crippen LogP contribution in [0.3, 0.4) is 0 Å². The molecule has 0 aromatic rings. The molecule has 1 rings (SSSR count).